The maximum atomic E-state index is 13.5. The first kappa shape index (κ1) is 14.2. The quantitative estimate of drug-likeness (QED) is 0.913. The molecule has 3 nitrogen and oxygen atoms in total. The summed E-state index contributed by atoms with van der Waals surface area (Å²) in [7, 11) is 0. The predicted molar refractivity (Wildman–Crippen MR) is 77.4 cm³/mol. The van der Waals surface area contributed by atoms with Gasteiger partial charge in [0.2, 0.25) is 0 Å². The van der Waals surface area contributed by atoms with Crippen LogP contribution in [0.2, 0.25) is 0 Å². The van der Waals surface area contributed by atoms with Gasteiger partial charge in [-0.2, -0.15) is 5.10 Å². The zero-order valence-electron chi connectivity index (χ0n) is 11.0. The molecule has 0 bridgehead atoms. The smallest absolute Gasteiger partial charge is 0.137 e. The van der Waals surface area contributed by atoms with E-state index in [2.05, 4.69) is 40.2 Å². The Hall–Kier alpha value is -1.20. The van der Waals surface area contributed by atoms with Crippen molar-refractivity contribution in [2.75, 3.05) is 0 Å². The zero-order valence-corrected chi connectivity index (χ0v) is 12.6. The average molecular weight is 326 g/mol. The van der Waals surface area contributed by atoms with Crippen LogP contribution in [0.15, 0.2) is 34.9 Å². The summed E-state index contributed by atoms with van der Waals surface area (Å²) in [5.74, 6) is -0.244. The molecule has 2 aromatic rings. The van der Waals surface area contributed by atoms with Gasteiger partial charge in [-0.05, 0) is 33.6 Å². The van der Waals surface area contributed by atoms with Gasteiger partial charge in [-0.15, -0.1) is 0 Å². The zero-order chi connectivity index (χ0) is 13.8. The molecule has 0 amide bonds. The monoisotopic (exact) mass is 325 g/mol. The largest absolute Gasteiger partial charge is 0.309 e. The second kappa shape index (κ2) is 6.30. The van der Waals surface area contributed by atoms with E-state index in [-0.39, 0.29) is 5.82 Å². The third-order valence-corrected chi connectivity index (χ3v) is 3.74. The Morgan fingerprint density at radius 2 is 2.16 bits per heavy atom. The molecule has 0 atom stereocenters. The van der Waals surface area contributed by atoms with Crippen molar-refractivity contribution < 1.29 is 4.39 Å². The van der Waals surface area contributed by atoms with Gasteiger partial charge in [-0.1, -0.05) is 26.0 Å². The van der Waals surface area contributed by atoms with E-state index in [1.54, 1.807) is 12.3 Å². The number of hydrogen-bond donors (Lipinski definition) is 1. The van der Waals surface area contributed by atoms with E-state index in [0.717, 1.165) is 17.8 Å². The van der Waals surface area contributed by atoms with Gasteiger partial charge in [0.1, 0.15) is 5.82 Å². The third-order valence-electron chi connectivity index (χ3n) is 2.85. The first-order valence-electron chi connectivity index (χ1n) is 6.25. The van der Waals surface area contributed by atoms with Crippen LogP contribution in [0.4, 0.5) is 4.39 Å². The molecule has 19 heavy (non-hydrogen) atoms. The van der Waals surface area contributed by atoms with Gasteiger partial charge in [-0.25, -0.2) is 4.39 Å². The highest BCUT2D eigenvalue weighted by Crippen LogP contribution is 2.21. The topological polar surface area (TPSA) is 29.9 Å². The van der Waals surface area contributed by atoms with Crippen molar-refractivity contribution in [2.24, 2.45) is 0 Å². The molecular formula is C14H17BrFN3. The summed E-state index contributed by atoms with van der Waals surface area (Å²) in [5.41, 5.74) is 1.97. The molecule has 0 saturated heterocycles. The van der Waals surface area contributed by atoms with E-state index < -0.39 is 0 Å². The molecule has 1 aromatic carbocycles. The Bertz CT molecular complexity index is 551. The second-order valence-electron chi connectivity index (χ2n) is 4.73. The maximum absolute atomic E-state index is 13.5. The van der Waals surface area contributed by atoms with Crippen molar-refractivity contribution in [2.45, 2.75) is 33.0 Å². The maximum Gasteiger partial charge on any atom is 0.137 e. The molecule has 0 saturated carbocycles. The average Bonchev–Trinajstić information content (AvgIpc) is 2.80. The minimum atomic E-state index is -0.244. The number of nitrogens with zero attached hydrogens (tertiary/aromatic N) is 2. The molecule has 0 aliphatic rings. The molecule has 0 aliphatic carbocycles. The van der Waals surface area contributed by atoms with Gasteiger partial charge >= 0.3 is 0 Å². The van der Waals surface area contributed by atoms with E-state index in [1.165, 1.54) is 6.07 Å². The summed E-state index contributed by atoms with van der Waals surface area (Å²) in [6.45, 7) is 5.51. The summed E-state index contributed by atoms with van der Waals surface area (Å²) in [4.78, 5) is 0. The van der Waals surface area contributed by atoms with Crippen molar-refractivity contribution in [1.82, 2.24) is 15.1 Å². The first-order chi connectivity index (χ1) is 9.08. The van der Waals surface area contributed by atoms with Gasteiger partial charge in [0.25, 0.3) is 0 Å². The first-order valence-corrected chi connectivity index (χ1v) is 7.04. The highest BCUT2D eigenvalue weighted by molar-refractivity contribution is 9.10. The highest BCUT2D eigenvalue weighted by Gasteiger charge is 2.09. The molecule has 0 spiro atoms. The minimum absolute atomic E-state index is 0.244. The Labute approximate surface area is 121 Å². The van der Waals surface area contributed by atoms with Crippen LogP contribution in [0, 0.1) is 5.82 Å². The Morgan fingerprint density at radius 3 is 2.89 bits per heavy atom. The fourth-order valence-corrected chi connectivity index (χ4v) is 2.18. The van der Waals surface area contributed by atoms with Crippen LogP contribution in [0.25, 0.3) is 0 Å². The van der Waals surface area contributed by atoms with E-state index in [1.807, 2.05) is 16.8 Å². The summed E-state index contributed by atoms with van der Waals surface area (Å²) in [6.07, 6.45) is 1.77. The molecule has 5 heteroatoms. The SMILES string of the molecule is CC(C)NCc1ccnn1Cc1cccc(F)c1Br. The van der Waals surface area contributed by atoms with Crippen LogP contribution < -0.4 is 5.32 Å². The third kappa shape index (κ3) is 3.64. The van der Waals surface area contributed by atoms with Crippen molar-refractivity contribution in [3.05, 3.63) is 52.0 Å². The lowest BCUT2D eigenvalue weighted by Crippen LogP contribution is -2.23. The van der Waals surface area contributed by atoms with Gasteiger partial charge < -0.3 is 5.32 Å². The summed E-state index contributed by atoms with van der Waals surface area (Å²) in [5, 5.41) is 7.65. The molecule has 102 valence electrons. The fourth-order valence-electron chi connectivity index (χ4n) is 1.79. The van der Waals surface area contributed by atoms with E-state index in [0.29, 0.717) is 17.1 Å². The number of nitrogens with one attached hydrogen (secondary N) is 1. The summed E-state index contributed by atoms with van der Waals surface area (Å²) in [6, 6.07) is 7.45. The van der Waals surface area contributed by atoms with E-state index in [4.69, 9.17) is 0 Å². The Kier molecular flexibility index (Phi) is 4.71. The van der Waals surface area contributed by atoms with Gasteiger partial charge in [-0.3, -0.25) is 4.68 Å². The normalized spacial score (nSPS) is 11.2. The predicted octanol–water partition coefficient (Wildman–Crippen LogP) is 3.33. The van der Waals surface area contributed by atoms with Crippen LogP contribution in [-0.2, 0) is 13.1 Å². The second-order valence-corrected chi connectivity index (χ2v) is 5.52. The van der Waals surface area contributed by atoms with Crippen molar-refractivity contribution in [3.8, 4) is 0 Å². The molecule has 0 aliphatic heterocycles. The van der Waals surface area contributed by atoms with Crippen LogP contribution >= 0.6 is 15.9 Å². The van der Waals surface area contributed by atoms with Crippen molar-refractivity contribution >= 4 is 15.9 Å². The molecular weight excluding hydrogens is 309 g/mol. The standard InChI is InChI=1S/C14H17BrFN3/c1-10(2)17-8-12-6-7-18-19(12)9-11-4-3-5-13(16)14(11)15/h3-7,10,17H,8-9H2,1-2H3. The van der Waals surface area contributed by atoms with Crippen LogP contribution in [-0.4, -0.2) is 15.8 Å². The van der Waals surface area contributed by atoms with Gasteiger partial charge in [0.05, 0.1) is 16.7 Å². The molecule has 1 N–H and O–H groups in total. The van der Waals surface area contributed by atoms with Gasteiger partial charge in [0, 0.05) is 18.8 Å². The van der Waals surface area contributed by atoms with Crippen LogP contribution in [0.5, 0.6) is 0 Å². The van der Waals surface area contributed by atoms with E-state index >= 15 is 0 Å². The molecule has 0 unspecified atom stereocenters. The van der Waals surface area contributed by atoms with Gasteiger partial charge in [0.15, 0.2) is 0 Å². The molecule has 2 rings (SSSR count). The summed E-state index contributed by atoms with van der Waals surface area (Å²) >= 11 is 3.28. The minimum Gasteiger partial charge on any atom is -0.309 e. The fraction of sp³-hybridized carbons (Fsp3) is 0.357. The highest BCUT2D eigenvalue weighted by atomic mass is 79.9. The molecule has 1 heterocycles. The lowest BCUT2D eigenvalue weighted by Gasteiger charge is -2.12. The van der Waals surface area contributed by atoms with E-state index in [9.17, 15) is 4.39 Å². The molecule has 1 aromatic heterocycles. The number of halogens is 2. The number of aromatic nitrogens is 2. The Balaban J connectivity index is 2.15. The van der Waals surface area contributed by atoms with Crippen LogP contribution in [0.1, 0.15) is 25.1 Å². The Morgan fingerprint density at radius 1 is 1.37 bits per heavy atom. The van der Waals surface area contributed by atoms with Crippen molar-refractivity contribution in [1.29, 1.82) is 0 Å². The number of benzene rings is 1. The number of hydrogen-bond acceptors (Lipinski definition) is 2. The number of rotatable bonds is 5. The molecule has 0 radical (unpaired) electrons. The van der Waals surface area contributed by atoms with Crippen LogP contribution in [0.3, 0.4) is 0 Å². The van der Waals surface area contributed by atoms with Crippen molar-refractivity contribution in [3.63, 3.8) is 0 Å². The lowest BCUT2D eigenvalue weighted by atomic mass is 10.2. The molecule has 0 fully saturated rings. The lowest BCUT2D eigenvalue weighted by molar-refractivity contribution is 0.545. The summed E-state index contributed by atoms with van der Waals surface area (Å²) < 4.78 is 15.9.